The van der Waals surface area contributed by atoms with Crippen molar-refractivity contribution in [3.8, 4) is 0 Å². The minimum absolute atomic E-state index is 0.00996. The molecule has 29 heavy (non-hydrogen) atoms. The average molecular weight is 393 g/mol. The molecule has 0 aliphatic carbocycles. The number of para-hydroxylation sites is 1. The first-order chi connectivity index (χ1) is 13.8. The van der Waals surface area contributed by atoms with Crippen LogP contribution < -0.4 is 21.1 Å². The van der Waals surface area contributed by atoms with Crippen molar-refractivity contribution in [2.75, 3.05) is 16.9 Å². The number of benzene rings is 2. The van der Waals surface area contributed by atoms with E-state index >= 15 is 0 Å². The largest absolute Gasteiger partial charge is 0.350 e. The van der Waals surface area contributed by atoms with E-state index in [2.05, 4.69) is 21.1 Å². The first-order valence-electron chi connectivity index (χ1n) is 9.27. The molecule has 0 saturated carbocycles. The van der Waals surface area contributed by atoms with Crippen molar-refractivity contribution in [2.24, 2.45) is 4.99 Å². The maximum atomic E-state index is 12.7. The number of nitrogens with zero attached hydrogens (tertiary/aromatic N) is 2. The van der Waals surface area contributed by atoms with Gasteiger partial charge in [0, 0.05) is 6.04 Å². The molecule has 0 radical (unpaired) electrons. The molecule has 3 N–H and O–H groups in total. The van der Waals surface area contributed by atoms with E-state index in [-0.39, 0.29) is 30.2 Å². The lowest BCUT2D eigenvalue weighted by Gasteiger charge is -2.27. The van der Waals surface area contributed by atoms with E-state index in [9.17, 15) is 14.4 Å². The number of hydrogen-bond acceptors (Lipinski definition) is 5. The molecule has 8 nitrogen and oxygen atoms in total. The van der Waals surface area contributed by atoms with Crippen molar-refractivity contribution in [3.63, 3.8) is 0 Å². The molecule has 2 aromatic rings. The van der Waals surface area contributed by atoms with Crippen molar-refractivity contribution in [2.45, 2.75) is 26.8 Å². The zero-order chi connectivity index (χ0) is 21.0. The fourth-order valence-corrected chi connectivity index (χ4v) is 2.76. The van der Waals surface area contributed by atoms with Crippen LogP contribution in [0.15, 0.2) is 53.5 Å². The number of anilines is 2. The van der Waals surface area contributed by atoms with Crippen LogP contribution in [0.4, 0.5) is 11.4 Å². The Labute approximate surface area is 169 Å². The van der Waals surface area contributed by atoms with E-state index in [1.165, 1.54) is 5.01 Å². The third kappa shape index (κ3) is 4.78. The monoisotopic (exact) mass is 393 g/mol. The van der Waals surface area contributed by atoms with Gasteiger partial charge in [0.05, 0.1) is 16.9 Å². The summed E-state index contributed by atoms with van der Waals surface area (Å²) in [7, 11) is 0. The quantitative estimate of drug-likeness (QED) is 0.723. The topological polar surface area (TPSA) is 103 Å². The van der Waals surface area contributed by atoms with Crippen molar-refractivity contribution in [1.82, 2.24) is 10.7 Å². The predicted molar refractivity (Wildman–Crippen MR) is 112 cm³/mol. The highest BCUT2D eigenvalue weighted by Gasteiger charge is 2.26. The summed E-state index contributed by atoms with van der Waals surface area (Å²) < 4.78 is 0. The van der Waals surface area contributed by atoms with E-state index in [0.29, 0.717) is 16.9 Å². The van der Waals surface area contributed by atoms with Crippen molar-refractivity contribution < 1.29 is 14.4 Å². The highest BCUT2D eigenvalue weighted by Crippen LogP contribution is 2.17. The molecular weight excluding hydrogens is 370 g/mol. The van der Waals surface area contributed by atoms with Gasteiger partial charge < -0.3 is 10.6 Å². The minimum Gasteiger partial charge on any atom is -0.350 e. The second kappa shape index (κ2) is 8.55. The summed E-state index contributed by atoms with van der Waals surface area (Å²) in [6.45, 7) is 5.51. The lowest BCUT2D eigenvalue weighted by Crippen LogP contribution is -2.54. The summed E-state index contributed by atoms with van der Waals surface area (Å²) in [6.07, 6.45) is 0. The van der Waals surface area contributed by atoms with Gasteiger partial charge in [-0.3, -0.25) is 24.8 Å². The highest BCUT2D eigenvalue weighted by molar-refractivity contribution is 6.43. The van der Waals surface area contributed by atoms with Crippen LogP contribution in [0, 0.1) is 6.92 Å². The zero-order valence-electron chi connectivity index (χ0n) is 16.5. The molecule has 0 aromatic heterocycles. The number of amidine groups is 1. The van der Waals surface area contributed by atoms with Gasteiger partial charge >= 0.3 is 0 Å². The molecule has 2 aromatic carbocycles. The van der Waals surface area contributed by atoms with Gasteiger partial charge in [-0.05, 0) is 45.0 Å². The van der Waals surface area contributed by atoms with Crippen LogP contribution >= 0.6 is 0 Å². The van der Waals surface area contributed by atoms with Crippen LogP contribution in [0.1, 0.15) is 29.8 Å². The number of carbonyl (C=O) groups excluding carboxylic acids is 3. The Morgan fingerprint density at radius 1 is 1.07 bits per heavy atom. The molecule has 150 valence electrons. The van der Waals surface area contributed by atoms with Crippen LogP contribution in [-0.2, 0) is 9.59 Å². The van der Waals surface area contributed by atoms with Crippen LogP contribution in [0.25, 0.3) is 0 Å². The molecule has 0 bridgehead atoms. The van der Waals surface area contributed by atoms with E-state index in [1.807, 2.05) is 32.9 Å². The number of aliphatic imine (C=N–C) groups is 1. The number of hydrazine groups is 1. The van der Waals surface area contributed by atoms with Crippen LogP contribution in [0.2, 0.25) is 0 Å². The molecule has 1 heterocycles. The maximum absolute atomic E-state index is 12.7. The smallest absolute Gasteiger partial charge is 0.292 e. The second-order valence-corrected chi connectivity index (χ2v) is 6.97. The van der Waals surface area contributed by atoms with Gasteiger partial charge in [0.25, 0.3) is 17.7 Å². The molecule has 1 aliphatic rings. The summed E-state index contributed by atoms with van der Waals surface area (Å²) >= 11 is 0. The van der Waals surface area contributed by atoms with E-state index in [0.717, 1.165) is 5.56 Å². The minimum atomic E-state index is -0.542. The Hall–Kier alpha value is -3.68. The fraction of sp³-hybridized carbons (Fsp3) is 0.238. The summed E-state index contributed by atoms with van der Waals surface area (Å²) in [5, 5.41) is 6.79. The first-order valence-corrected chi connectivity index (χ1v) is 9.27. The summed E-state index contributed by atoms with van der Waals surface area (Å²) in [6, 6.07) is 14.0. The maximum Gasteiger partial charge on any atom is 0.292 e. The van der Waals surface area contributed by atoms with E-state index in [1.54, 1.807) is 36.4 Å². The van der Waals surface area contributed by atoms with Gasteiger partial charge in [-0.2, -0.15) is 0 Å². The van der Waals surface area contributed by atoms with Gasteiger partial charge in [-0.25, -0.2) is 5.01 Å². The molecule has 8 heteroatoms. The number of carbonyl (C=O) groups is 3. The molecule has 1 aliphatic heterocycles. The lowest BCUT2D eigenvalue weighted by molar-refractivity contribution is -0.118. The Morgan fingerprint density at radius 3 is 2.45 bits per heavy atom. The molecule has 3 amide bonds. The average Bonchev–Trinajstić information content (AvgIpc) is 2.69. The van der Waals surface area contributed by atoms with Crippen LogP contribution in [0.5, 0.6) is 0 Å². The van der Waals surface area contributed by atoms with Gasteiger partial charge in [0.2, 0.25) is 5.84 Å². The Balaban J connectivity index is 1.77. The molecule has 0 fully saturated rings. The molecular formula is C21H23N5O3. The summed E-state index contributed by atoms with van der Waals surface area (Å²) in [5.74, 6) is -1.11. The SMILES string of the molecule is Cc1ccc(N2NC(C(=O)Nc3ccccc3C(=O)NC(C)C)=NCC2=O)cc1. The van der Waals surface area contributed by atoms with Gasteiger partial charge in [0.1, 0.15) is 6.54 Å². The third-order valence-corrected chi connectivity index (χ3v) is 4.19. The normalized spacial score (nSPS) is 13.6. The van der Waals surface area contributed by atoms with Gasteiger partial charge in [-0.1, -0.05) is 29.8 Å². The molecule has 0 unspecified atom stereocenters. The number of hydrogen-bond donors (Lipinski definition) is 3. The van der Waals surface area contributed by atoms with Crippen molar-refractivity contribution in [3.05, 3.63) is 59.7 Å². The van der Waals surface area contributed by atoms with E-state index in [4.69, 9.17) is 0 Å². The Bertz CT molecular complexity index is 967. The first kappa shape index (κ1) is 20.1. The molecule has 0 atom stereocenters. The third-order valence-electron chi connectivity index (χ3n) is 4.19. The number of rotatable bonds is 5. The van der Waals surface area contributed by atoms with Crippen molar-refractivity contribution in [1.29, 1.82) is 0 Å². The Morgan fingerprint density at radius 2 is 1.76 bits per heavy atom. The zero-order valence-corrected chi connectivity index (χ0v) is 16.5. The molecule has 3 rings (SSSR count). The second-order valence-electron chi connectivity index (χ2n) is 6.97. The lowest BCUT2D eigenvalue weighted by atomic mass is 10.1. The van der Waals surface area contributed by atoms with Gasteiger partial charge in [0.15, 0.2) is 0 Å². The Kier molecular flexibility index (Phi) is 5.92. The molecule has 0 saturated heterocycles. The summed E-state index contributed by atoms with van der Waals surface area (Å²) in [4.78, 5) is 41.4. The summed E-state index contributed by atoms with van der Waals surface area (Å²) in [5.41, 5.74) is 5.13. The van der Waals surface area contributed by atoms with Crippen LogP contribution in [0.3, 0.4) is 0 Å². The highest BCUT2D eigenvalue weighted by atomic mass is 16.2. The standard InChI is InChI=1S/C21H23N5O3/c1-13(2)23-20(28)16-6-4-5-7-17(16)24-21(29)19-22-12-18(27)26(25-19)15-10-8-14(3)9-11-15/h4-11,13H,12H2,1-3H3,(H,22,25)(H,23,28)(H,24,29). The number of aryl methyl sites for hydroxylation is 1. The fourth-order valence-electron chi connectivity index (χ4n) is 2.76. The van der Waals surface area contributed by atoms with E-state index < -0.39 is 5.91 Å². The van der Waals surface area contributed by atoms with Crippen LogP contribution in [-0.4, -0.2) is 36.1 Å². The molecule has 0 spiro atoms. The predicted octanol–water partition coefficient (Wildman–Crippen LogP) is 2.02. The number of nitrogens with one attached hydrogen (secondary N) is 3. The van der Waals surface area contributed by atoms with Gasteiger partial charge in [-0.15, -0.1) is 0 Å². The number of amides is 3. The van der Waals surface area contributed by atoms with Crippen molar-refractivity contribution >= 4 is 34.9 Å².